The van der Waals surface area contributed by atoms with Gasteiger partial charge in [0, 0.05) is 43.1 Å². The van der Waals surface area contributed by atoms with Crippen LogP contribution in [0.3, 0.4) is 0 Å². The third-order valence-corrected chi connectivity index (χ3v) is 5.97. The fourth-order valence-electron chi connectivity index (χ4n) is 4.03. The van der Waals surface area contributed by atoms with Gasteiger partial charge in [0.25, 0.3) is 5.91 Å². The molecule has 2 aromatic carbocycles. The summed E-state index contributed by atoms with van der Waals surface area (Å²) in [6.07, 6.45) is 0.961. The van der Waals surface area contributed by atoms with E-state index in [1.54, 1.807) is 55.3 Å². The van der Waals surface area contributed by atoms with E-state index >= 15 is 0 Å². The second kappa shape index (κ2) is 10.9. The fraction of sp³-hybridized carbons (Fsp3) is 0.250. The number of aromatic hydroxyl groups is 1. The molecule has 0 atom stereocenters. The second-order valence-electron chi connectivity index (χ2n) is 8.84. The first kappa shape index (κ1) is 24.8. The van der Waals surface area contributed by atoms with Crippen molar-refractivity contribution in [3.05, 3.63) is 94.8 Å². The summed E-state index contributed by atoms with van der Waals surface area (Å²) < 4.78 is 5.11. The molecule has 1 aliphatic heterocycles. The number of H-pyrrole nitrogens is 1. The third-order valence-electron chi connectivity index (χ3n) is 5.97. The van der Waals surface area contributed by atoms with Crippen LogP contribution in [0.15, 0.2) is 66.7 Å². The number of benzene rings is 2. The van der Waals surface area contributed by atoms with E-state index < -0.39 is 0 Å². The highest BCUT2D eigenvalue weighted by Crippen LogP contribution is 2.25. The van der Waals surface area contributed by atoms with Crippen molar-refractivity contribution in [3.63, 3.8) is 0 Å². The van der Waals surface area contributed by atoms with E-state index in [4.69, 9.17) is 4.74 Å². The lowest BCUT2D eigenvalue weighted by Crippen LogP contribution is -2.37. The van der Waals surface area contributed by atoms with Gasteiger partial charge < -0.3 is 14.7 Å². The number of rotatable bonds is 5. The second-order valence-corrected chi connectivity index (χ2v) is 8.84. The van der Waals surface area contributed by atoms with E-state index in [0.717, 1.165) is 17.5 Å². The van der Waals surface area contributed by atoms with Crippen LogP contribution in [0.5, 0.6) is 5.75 Å². The number of carbonyl (C=O) groups excluding carboxylic acids is 2. The number of amides is 2. The van der Waals surface area contributed by atoms with Gasteiger partial charge in [-0.1, -0.05) is 29.8 Å². The number of hydrogen-bond donors (Lipinski definition) is 2. The number of aryl methyl sites for hydroxylation is 2. The van der Waals surface area contributed by atoms with Crippen LogP contribution in [0.2, 0.25) is 0 Å². The summed E-state index contributed by atoms with van der Waals surface area (Å²) in [5, 5.41) is 18.1. The standard InChI is InChI=1S/C28H30N4O4/c1-19-6-4-7-21(16-19)18-22-8-13-25(26(33)17-20(2)29-30-22)27(34)31(3)23-9-11-24(12-10-23)32-14-5-15-36-28(32)35/h4,6-13,16-17,29,33H,5,14-15,18H2,1-3H3. The predicted molar refractivity (Wildman–Crippen MR) is 139 cm³/mol. The maximum Gasteiger partial charge on any atom is 0.414 e. The lowest BCUT2D eigenvalue weighted by atomic mass is 10.1. The SMILES string of the molecule is Cc1cccc(Cc2ccc(C(=O)N(C)c3ccc(N4CCCOC4=O)cc3)c(O)cc(C)[nH]n2)c1. The normalized spacial score (nSPS) is 13.1. The van der Waals surface area contributed by atoms with Crippen LogP contribution >= 0.6 is 0 Å². The van der Waals surface area contributed by atoms with Crippen molar-refractivity contribution in [2.75, 3.05) is 30.0 Å². The molecule has 0 unspecified atom stereocenters. The number of aromatic amines is 1. The molecule has 2 N–H and O–H groups in total. The summed E-state index contributed by atoms with van der Waals surface area (Å²) in [4.78, 5) is 28.5. The highest BCUT2D eigenvalue weighted by Gasteiger charge is 2.22. The average molecular weight is 487 g/mol. The van der Waals surface area contributed by atoms with Crippen LogP contribution in [0.1, 0.15) is 39.3 Å². The zero-order chi connectivity index (χ0) is 25.7. The summed E-state index contributed by atoms with van der Waals surface area (Å²) in [7, 11) is 1.64. The first-order valence-electron chi connectivity index (χ1n) is 11.8. The lowest BCUT2D eigenvalue weighted by Gasteiger charge is -2.27. The van der Waals surface area contributed by atoms with Crippen molar-refractivity contribution in [2.24, 2.45) is 0 Å². The van der Waals surface area contributed by atoms with Crippen molar-refractivity contribution >= 4 is 23.4 Å². The van der Waals surface area contributed by atoms with Crippen LogP contribution in [0.4, 0.5) is 16.2 Å². The first-order chi connectivity index (χ1) is 17.3. The van der Waals surface area contributed by atoms with Gasteiger partial charge in [-0.3, -0.25) is 14.8 Å². The highest BCUT2D eigenvalue weighted by atomic mass is 16.6. The molecule has 1 saturated heterocycles. The summed E-state index contributed by atoms with van der Waals surface area (Å²) in [5.41, 5.74) is 5.03. The van der Waals surface area contributed by atoms with E-state index in [9.17, 15) is 14.7 Å². The Morgan fingerprint density at radius 1 is 1.11 bits per heavy atom. The summed E-state index contributed by atoms with van der Waals surface area (Å²) in [6.45, 7) is 4.82. The van der Waals surface area contributed by atoms with Gasteiger partial charge in [-0.15, -0.1) is 0 Å². The fourth-order valence-corrected chi connectivity index (χ4v) is 4.03. The Morgan fingerprint density at radius 2 is 1.89 bits per heavy atom. The molecule has 8 nitrogen and oxygen atoms in total. The highest BCUT2D eigenvalue weighted by molar-refractivity contribution is 6.07. The van der Waals surface area contributed by atoms with Crippen molar-refractivity contribution in [1.82, 2.24) is 10.2 Å². The molecule has 36 heavy (non-hydrogen) atoms. The Bertz CT molecular complexity index is 1320. The molecule has 4 rings (SSSR count). The Morgan fingerprint density at radius 3 is 2.61 bits per heavy atom. The summed E-state index contributed by atoms with van der Waals surface area (Å²) in [6, 6.07) is 20.0. The minimum Gasteiger partial charge on any atom is -0.507 e. The maximum absolute atomic E-state index is 13.4. The largest absolute Gasteiger partial charge is 0.507 e. The smallest absolute Gasteiger partial charge is 0.414 e. The Kier molecular flexibility index (Phi) is 7.53. The van der Waals surface area contributed by atoms with Gasteiger partial charge in [0.2, 0.25) is 0 Å². The van der Waals surface area contributed by atoms with Gasteiger partial charge in [-0.25, -0.2) is 4.79 Å². The average Bonchev–Trinajstić information content (AvgIpc) is 2.93. The van der Waals surface area contributed by atoms with Crippen molar-refractivity contribution in [2.45, 2.75) is 26.7 Å². The lowest BCUT2D eigenvalue weighted by molar-refractivity contribution is 0.0990. The molecule has 0 bridgehead atoms. The predicted octanol–water partition coefficient (Wildman–Crippen LogP) is 5.07. The molecule has 1 aliphatic rings. The van der Waals surface area contributed by atoms with Gasteiger partial charge in [0.15, 0.2) is 0 Å². The van der Waals surface area contributed by atoms with E-state index in [-0.39, 0.29) is 23.3 Å². The molecule has 0 radical (unpaired) electrons. The Hall–Kier alpha value is -4.33. The number of carbonyl (C=O) groups is 2. The Labute approximate surface area is 210 Å². The van der Waals surface area contributed by atoms with E-state index in [0.29, 0.717) is 42.3 Å². The molecule has 3 aromatic rings. The molecule has 0 aliphatic carbocycles. The van der Waals surface area contributed by atoms with Gasteiger partial charge in [0.1, 0.15) is 5.75 Å². The topological polar surface area (TPSA) is 98.8 Å². The van der Waals surface area contributed by atoms with Crippen molar-refractivity contribution < 1.29 is 19.4 Å². The number of anilines is 2. The molecule has 1 aromatic heterocycles. The van der Waals surface area contributed by atoms with Gasteiger partial charge in [0.05, 0.1) is 17.9 Å². The minimum atomic E-state index is -0.380. The van der Waals surface area contributed by atoms with Crippen LogP contribution in [0, 0.1) is 13.8 Å². The zero-order valence-corrected chi connectivity index (χ0v) is 20.7. The number of ether oxygens (including phenoxy) is 1. The van der Waals surface area contributed by atoms with Crippen LogP contribution in [0.25, 0.3) is 0 Å². The third kappa shape index (κ3) is 5.83. The molecular weight excluding hydrogens is 456 g/mol. The van der Waals surface area contributed by atoms with E-state index in [1.165, 1.54) is 11.0 Å². The van der Waals surface area contributed by atoms with E-state index in [2.05, 4.69) is 16.3 Å². The molecule has 186 valence electrons. The first-order valence-corrected chi connectivity index (χ1v) is 11.8. The van der Waals surface area contributed by atoms with Crippen LogP contribution < -0.4 is 9.80 Å². The minimum absolute atomic E-state index is 0.140. The molecule has 2 amide bonds. The summed E-state index contributed by atoms with van der Waals surface area (Å²) in [5.74, 6) is -0.539. The van der Waals surface area contributed by atoms with Crippen LogP contribution in [-0.2, 0) is 11.2 Å². The quantitative estimate of drug-likeness (QED) is 0.525. The molecule has 0 spiro atoms. The van der Waals surface area contributed by atoms with Crippen molar-refractivity contribution in [3.8, 4) is 5.75 Å². The number of nitrogens with zero attached hydrogens (tertiary/aromatic N) is 3. The number of cyclic esters (lactones) is 1. The molecule has 8 heteroatoms. The van der Waals surface area contributed by atoms with Crippen LogP contribution in [-0.4, -0.2) is 47.5 Å². The zero-order valence-electron chi connectivity index (χ0n) is 20.7. The molecular formula is C28H30N4O4. The van der Waals surface area contributed by atoms with Crippen molar-refractivity contribution in [1.29, 1.82) is 0 Å². The summed E-state index contributed by atoms with van der Waals surface area (Å²) >= 11 is 0. The number of nitrogens with one attached hydrogen (secondary N) is 1. The monoisotopic (exact) mass is 486 g/mol. The molecule has 0 saturated carbocycles. The van der Waals surface area contributed by atoms with Gasteiger partial charge in [-0.2, -0.15) is 5.10 Å². The number of hydrogen-bond acceptors (Lipinski definition) is 5. The molecule has 2 heterocycles. The Balaban J connectivity index is 1.62. The maximum atomic E-state index is 13.4. The van der Waals surface area contributed by atoms with Gasteiger partial charge in [-0.05, 0) is 62.2 Å². The van der Waals surface area contributed by atoms with E-state index in [1.807, 2.05) is 25.1 Å². The molecule has 1 fully saturated rings. The number of aromatic nitrogens is 2. The van der Waals surface area contributed by atoms with Gasteiger partial charge >= 0.3 is 6.09 Å².